The Labute approximate surface area is 205 Å². The smallest absolute Gasteiger partial charge is 0.258 e. The minimum absolute atomic E-state index is 0.0300. The maximum Gasteiger partial charge on any atom is 0.258 e. The number of aliphatic hydroxyl groups is 1. The molecule has 11 heteroatoms. The second kappa shape index (κ2) is 12.2. The van der Waals surface area contributed by atoms with E-state index >= 15 is 0 Å². The van der Waals surface area contributed by atoms with Crippen LogP contribution in [0.1, 0.15) is 25.7 Å². The van der Waals surface area contributed by atoms with Crippen molar-refractivity contribution in [1.29, 1.82) is 0 Å². The van der Waals surface area contributed by atoms with E-state index in [1.807, 2.05) is 0 Å². The zero-order valence-electron chi connectivity index (χ0n) is 18.0. The molecule has 2 aromatic rings. The van der Waals surface area contributed by atoms with Crippen molar-refractivity contribution in [3.8, 4) is 11.5 Å². The van der Waals surface area contributed by atoms with Crippen molar-refractivity contribution >= 4 is 35.0 Å². The number of halogens is 4. The zero-order chi connectivity index (χ0) is 24.7. The number of hydrogen-bond acceptors (Lipinski definition) is 5. The van der Waals surface area contributed by atoms with Gasteiger partial charge in [-0.3, -0.25) is 9.59 Å². The van der Waals surface area contributed by atoms with E-state index in [0.29, 0.717) is 25.7 Å². The van der Waals surface area contributed by atoms with Crippen LogP contribution in [-0.2, 0) is 9.59 Å². The molecule has 1 aliphatic carbocycles. The van der Waals surface area contributed by atoms with Gasteiger partial charge in [0, 0.05) is 24.2 Å². The number of rotatable bonds is 9. The molecule has 2 amide bonds. The lowest BCUT2D eigenvalue weighted by Crippen LogP contribution is -2.48. The summed E-state index contributed by atoms with van der Waals surface area (Å²) in [7, 11) is 0. The normalized spacial score (nSPS) is 18.6. The lowest BCUT2D eigenvalue weighted by atomic mass is 9.91. The first-order valence-corrected chi connectivity index (χ1v) is 11.4. The molecule has 34 heavy (non-hydrogen) atoms. The lowest BCUT2D eigenvalue weighted by molar-refractivity contribution is -0.132. The van der Waals surface area contributed by atoms with Gasteiger partial charge in [-0.25, -0.2) is 8.78 Å². The second-order valence-corrected chi connectivity index (χ2v) is 8.71. The Hall–Kier alpha value is -2.62. The van der Waals surface area contributed by atoms with Gasteiger partial charge in [-0.15, -0.1) is 0 Å². The number of aliphatic hydroxyl groups excluding tert-OH is 1. The predicted molar refractivity (Wildman–Crippen MR) is 122 cm³/mol. The monoisotopic (exact) mass is 516 g/mol. The van der Waals surface area contributed by atoms with Crippen molar-refractivity contribution in [1.82, 2.24) is 10.6 Å². The van der Waals surface area contributed by atoms with Gasteiger partial charge in [-0.1, -0.05) is 23.2 Å². The molecule has 184 valence electrons. The molecule has 1 atom stereocenters. The summed E-state index contributed by atoms with van der Waals surface area (Å²) >= 11 is 11.2. The van der Waals surface area contributed by atoms with Gasteiger partial charge in [0.05, 0.1) is 10.0 Å². The number of hydrogen-bond donors (Lipinski definition) is 3. The minimum atomic E-state index is -1.42. The summed E-state index contributed by atoms with van der Waals surface area (Å²) in [6.45, 7) is -0.600. The van der Waals surface area contributed by atoms with Crippen LogP contribution in [0.4, 0.5) is 8.78 Å². The summed E-state index contributed by atoms with van der Waals surface area (Å²) in [6.07, 6.45) is 1.04. The Morgan fingerprint density at radius 2 is 1.41 bits per heavy atom. The van der Waals surface area contributed by atoms with Gasteiger partial charge in [0.2, 0.25) is 0 Å². The average molecular weight is 517 g/mol. The first-order chi connectivity index (χ1) is 16.2. The summed E-state index contributed by atoms with van der Waals surface area (Å²) in [4.78, 5) is 24.3. The molecule has 0 bridgehead atoms. The maximum atomic E-state index is 13.4. The highest BCUT2D eigenvalue weighted by Gasteiger charge is 2.26. The summed E-state index contributed by atoms with van der Waals surface area (Å²) < 4.78 is 37.4. The van der Waals surface area contributed by atoms with Crippen molar-refractivity contribution in [2.75, 3.05) is 13.2 Å². The average Bonchev–Trinajstić information content (AvgIpc) is 2.81. The highest BCUT2D eigenvalue weighted by Crippen LogP contribution is 2.22. The van der Waals surface area contributed by atoms with Gasteiger partial charge in [0.25, 0.3) is 11.8 Å². The van der Waals surface area contributed by atoms with E-state index in [1.54, 1.807) is 0 Å². The minimum Gasteiger partial charge on any atom is -0.490 e. The van der Waals surface area contributed by atoms with Crippen LogP contribution >= 0.6 is 23.2 Å². The molecule has 0 aromatic heterocycles. The van der Waals surface area contributed by atoms with Crippen molar-refractivity contribution < 1.29 is 33.0 Å². The predicted octanol–water partition coefficient (Wildman–Crippen LogP) is 3.63. The van der Waals surface area contributed by atoms with Crippen molar-refractivity contribution in [3.05, 3.63) is 58.1 Å². The Morgan fingerprint density at radius 1 is 0.912 bits per heavy atom. The molecule has 0 spiro atoms. The van der Waals surface area contributed by atoms with E-state index < -0.39 is 23.6 Å². The van der Waals surface area contributed by atoms with Crippen LogP contribution in [0.25, 0.3) is 0 Å². The van der Waals surface area contributed by atoms with Crippen molar-refractivity contribution in [2.45, 2.75) is 43.9 Å². The summed E-state index contributed by atoms with van der Waals surface area (Å²) in [6, 6.07) is 7.51. The number of amides is 2. The van der Waals surface area contributed by atoms with Gasteiger partial charge < -0.3 is 25.2 Å². The molecule has 1 fully saturated rings. The maximum absolute atomic E-state index is 13.4. The highest BCUT2D eigenvalue weighted by atomic mass is 35.5. The topological polar surface area (TPSA) is 96.9 Å². The Kier molecular flexibility index (Phi) is 9.32. The van der Waals surface area contributed by atoms with Crippen LogP contribution in [0.15, 0.2) is 36.4 Å². The fourth-order valence-corrected chi connectivity index (χ4v) is 3.72. The quantitative estimate of drug-likeness (QED) is 0.472. The van der Waals surface area contributed by atoms with E-state index in [2.05, 4.69) is 10.6 Å². The third kappa shape index (κ3) is 7.72. The zero-order valence-corrected chi connectivity index (χ0v) is 19.5. The molecule has 0 radical (unpaired) electrons. The van der Waals surface area contributed by atoms with Gasteiger partial charge in [-0.2, -0.15) is 0 Å². The molecule has 0 aliphatic heterocycles. The first-order valence-electron chi connectivity index (χ1n) is 10.6. The summed E-state index contributed by atoms with van der Waals surface area (Å²) in [5.41, 5.74) is 0. The largest absolute Gasteiger partial charge is 0.490 e. The molecule has 7 nitrogen and oxygen atoms in total. The lowest BCUT2D eigenvalue weighted by Gasteiger charge is -2.30. The van der Waals surface area contributed by atoms with E-state index in [-0.39, 0.29) is 52.7 Å². The standard InChI is InChI=1S/C23H24Cl2F2N2O5/c24-17-7-5-15(9-19(17)26)33-11-21(30)23(32)29-14-3-1-13(2-4-14)28-22(31)12-34-16-6-8-18(25)20(27)10-16/h5-10,13-14,21,30H,1-4,11-12H2,(H,28,31)(H,29,32)/t13-,14-,21?. The van der Waals surface area contributed by atoms with Crippen molar-refractivity contribution in [3.63, 3.8) is 0 Å². The van der Waals surface area contributed by atoms with Gasteiger partial charge >= 0.3 is 0 Å². The van der Waals surface area contributed by atoms with Crippen LogP contribution < -0.4 is 20.1 Å². The molecular formula is C23H24Cl2F2N2O5. The van der Waals surface area contributed by atoms with Gasteiger partial charge in [0.1, 0.15) is 29.7 Å². The van der Waals surface area contributed by atoms with E-state index in [1.165, 1.54) is 24.3 Å². The molecule has 1 saturated carbocycles. The number of carbonyl (C=O) groups excluding carboxylic acids is 2. The molecule has 3 N–H and O–H groups in total. The molecular weight excluding hydrogens is 493 g/mol. The van der Waals surface area contributed by atoms with Crippen LogP contribution in [0.2, 0.25) is 10.0 Å². The van der Waals surface area contributed by atoms with E-state index in [9.17, 15) is 23.5 Å². The number of ether oxygens (including phenoxy) is 2. The second-order valence-electron chi connectivity index (χ2n) is 7.89. The molecule has 2 aromatic carbocycles. The summed E-state index contributed by atoms with van der Waals surface area (Å²) in [5, 5.41) is 15.6. The highest BCUT2D eigenvalue weighted by molar-refractivity contribution is 6.31. The number of carbonyl (C=O) groups is 2. The Balaban J connectivity index is 1.34. The summed E-state index contributed by atoms with van der Waals surface area (Å²) in [5.74, 6) is -1.87. The third-order valence-electron chi connectivity index (χ3n) is 5.30. The van der Waals surface area contributed by atoms with Crippen LogP contribution in [0.3, 0.4) is 0 Å². The van der Waals surface area contributed by atoms with Crippen molar-refractivity contribution in [2.24, 2.45) is 0 Å². The van der Waals surface area contributed by atoms with E-state index in [4.69, 9.17) is 32.7 Å². The van der Waals surface area contributed by atoms with Crippen LogP contribution in [-0.4, -0.2) is 48.3 Å². The third-order valence-corrected chi connectivity index (χ3v) is 5.91. The molecule has 1 aliphatic rings. The molecule has 1 unspecified atom stereocenters. The van der Waals surface area contributed by atoms with E-state index in [0.717, 1.165) is 12.1 Å². The Bertz CT molecular complexity index is 1020. The fraction of sp³-hybridized carbons (Fsp3) is 0.391. The van der Waals surface area contributed by atoms with Gasteiger partial charge in [-0.05, 0) is 49.9 Å². The first kappa shape index (κ1) is 26.0. The van der Waals surface area contributed by atoms with Gasteiger partial charge in [0.15, 0.2) is 12.7 Å². The van der Waals surface area contributed by atoms with Crippen LogP contribution in [0.5, 0.6) is 11.5 Å². The van der Waals surface area contributed by atoms with Crippen LogP contribution in [0, 0.1) is 11.6 Å². The molecule has 0 saturated heterocycles. The fourth-order valence-electron chi connectivity index (χ4n) is 3.48. The number of benzene rings is 2. The molecule has 0 heterocycles. The SMILES string of the molecule is O=C(COc1ccc(Cl)c(F)c1)N[C@H]1CC[C@H](NC(=O)C(O)COc2ccc(Cl)c(F)c2)CC1. The molecule has 3 rings (SSSR count). The Morgan fingerprint density at radius 3 is 1.94 bits per heavy atom. The number of nitrogens with one attached hydrogen (secondary N) is 2.